The third-order valence-corrected chi connectivity index (χ3v) is 8.23. The largest absolute Gasteiger partial charge is 0.356 e. The van der Waals surface area contributed by atoms with Crippen LogP contribution in [-0.2, 0) is 11.2 Å². The number of hydrogen-bond donors (Lipinski definition) is 1. The van der Waals surface area contributed by atoms with Gasteiger partial charge in [-0.1, -0.05) is 11.8 Å². The van der Waals surface area contributed by atoms with Gasteiger partial charge in [0.1, 0.15) is 0 Å². The zero-order valence-corrected chi connectivity index (χ0v) is 18.5. The molecule has 156 valence electrons. The first-order valence-corrected chi connectivity index (χ1v) is 12.2. The van der Waals surface area contributed by atoms with E-state index in [1.165, 1.54) is 50.3 Å². The zero-order valence-electron chi connectivity index (χ0n) is 17.7. The summed E-state index contributed by atoms with van der Waals surface area (Å²) in [5.41, 5.74) is 3.30. The lowest BCUT2D eigenvalue weighted by Crippen LogP contribution is -2.47. The number of thioether (sulfide) groups is 1. The summed E-state index contributed by atoms with van der Waals surface area (Å²) in [5, 5.41) is 8.40. The first kappa shape index (κ1) is 19.3. The van der Waals surface area contributed by atoms with Gasteiger partial charge in [-0.15, -0.1) is 5.10 Å². The number of aromatic nitrogens is 4. The zero-order chi connectivity index (χ0) is 20.2. The van der Waals surface area contributed by atoms with E-state index in [9.17, 15) is 4.79 Å². The highest BCUT2D eigenvalue weighted by molar-refractivity contribution is 7.98. The van der Waals surface area contributed by atoms with Gasteiger partial charge >= 0.3 is 0 Å². The van der Waals surface area contributed by atoms with Gasteiger partial charge in [-0.25, -0.2) is 9.50 Å². The van der Waals surface area contributed by atoms with Crippen LogP contribution in [0.4, 0.5) is 0 Å². The second kappa shape index (κ2) is 7.25. The molecule has 2 heterocycles. The van der Waals surface area contributed by atoms with Gasteiger partial charge in [-0.3, -0.25) is 4.79 Å². The molecule has 4 aliphatic rings. The Morgan fingerprint density at radius 2 is 1.79 bits per heavy atom. The highest BCUT2D eigenvalue weighted by Gasteiger charge is 2.50. The molecule has 0 aliphatic heterocycles. The summed E-state index contributed by atoms with van der Waals surface area (Å²) in [5.74, 6) is 3.60. The molecule has 29 heavy (non-hydrogen) atoms. The minimum atomic E-state index is 0.0901. The summed E-state index contributed by atoms with van der Waals surface area (Å²) >= 11 is 1.50. The van der Waals surface area contributed by atoms with Crippen LogP contribution < -0.4 is 5.32 Å². The topological polar surface area (TPSA) is 72.2 Å². The van der Waals surface area contributed by atoms with Crippen LogP contribution >= 0.6 is 11.8 Å². The summed E-state index contributed by atoms with van der Waals surface area (Å²) in [7, 11) is 0. The number of carbonyl (C=O) groups excluding carboxylic acids is 1. The van der Waals surface area contributed by atoms with Crippen molar-refractivity contribution in [2.75, 3.05) is 12.8 Å². The quantitative estimate of drug-likeness (QED) is 0.731. The molecule has 0 atom stereocenters. The maximum atomic E-state index is 12.7. The van der Waals surface area contributed by atoms with Crippen LogP contribution in [0.1, 0.15) is 61.9 Å². The van der Waals surface area contributed by atoms with Crippen LogP contribution in [0.2, 0.25) is 0 Å². The van der Waals surface area contributed by atoms with E-state index in [1.54, 1.807) is 4.52 Å². The number of rotatable bonds is 6. The first-order valence-electron chi connectivity index (χ1n) is 11.0. The molecule has 0 unspecified atom stereocenters. The molecule has 1 amide bonds. The second-order valence-corrected chi connectivity index (χ2v) is 10.5. The lowest BCUT2D eigenvalue weighted by Gasteiger charge is -2.57. The van der Waals surface area contributed by atoms with Crippen molar-refractivity contribution in [3.8, 4) is 0 Å². The molecule has 1 N–H and O–H groups in total. The summed E-state index contributed by atoms with van der Waals surface area (Å²) in [6.07, 6.45) is 12.1. The van der Waals surface area contributed by atoms with Gasteiger partial charge in [0.2, 0.25) is 11.1 Å². The third-order valence-electron chi connectivity index (χ3n) is 7.69. The standard InChI is InChI=1S/C22H31N5OS/c1-13-18(14(2)27-20(24-13)25-21(26-27)29-3)9-19(28)23-5-4-22-10-15-6-16(11-22)8-17(7-15)12-22/h15-17H,4-12H2,1-3H3,(H,23,28). The fourth-order valence-corrected chi connectivity index (χ4v) is 7.15. The average Bonchev–Trinajstić information content (AvgIpc) is 3.07. The van der Waals surface area contributed by atoms with E-state index < -0.39 is 0 Å². The van der Waals surface area contributed by atoms with Crippen molar-refractivity contribution in [2.45, 2.75) is 70.4 Å². The molecule has 0 spiro atoms. The molecule has 6 rings (SSSR count). The van der Waals surface area contributed by atoms with E-state index in [2.05, 4.69) is 20.4 Å². The summed E-state index contributed by atoms with van der Waals surface area (Å²) in [4.78, 5) is 21.7. The number of nitrogens with zero attached hydrogens (tertiary/aromatic N) is 4. The lowest BCUT2D eigenvalue weighted by molar-refractivity contribution is -0.120. The Morgan fingerprint density at radius 1 is 1.14 bits per heavy atom. The van der Waals surface area contributed by atoms with Gasteiger partial charge in [0.15, 0.2) is 0 Å². The molecule has 0 saturated heterocycles. The number of nitrogens with one attached hydrogen (secondary N) is 1. The molecule has 4 fully saturated rings. The number of amides is 1. The minimum Gasteiger partial charge on any atom is -0.356 e. The van der Waals surface area contributed by atoms with Crippen LogP contribution in [0, 0.1) is 37.0 Å². The van der Waals surface area contributed by atoms with Gasteiger partial charge in [-0.2, -0.15) is 4.98 Å². The van der Waals surface area contributed by atoms with Crippen LogP contribution in [0.5, 0.6) is 0 Å². The molecule has 0 aromatic carbocycles. The number of carbonyl (C=O) groups is 1. The molecule has 4 bridgehead atoms. The van der Waals surface area contributed by atoms with Crippen LogP contribution in [-0.4, -0.2) is 38.3 Å². The summed E-state index contributed by atoms with van der Waals surface area (Å²) in [6, 6.07) is 0. The first-order chi connectivity index (χ1) is 13.9. The Morgan fingerprint density at radius 3 is 2.41 bits per heavy atom. The molecule has 4 aliphatic carbocycles. The van der Waals surface area contributed by atoms with Gasteiger partial charge in [0.05, 0.1) is 6.42 Å². The Balaban J connectivity index is 1.22. The Hall–Kier alpha value is -1.63. The summed E-state index contributed by atoms with van der Waals surface area (Å²) in [6.45, 7) is 4.76. The van der Waals surface area contributed by atoms with Crippen molar-refractivity contribution < 1.29 is 4.79 Å². The molecule has 2 aromatic heterocycles. The van der Waals surface area contributed by atoms with Gasteiger partial charge in [0.25, 0.3) is 5.78 Å². The molecular formula is C22H31N5OS. The van der Waals surface area contributed by atoms with Crippen molar-refractivity contribution in [2.24, 2.45) is 23.2 Å². The highest BCUT2D eigenvalue weighted by Crippen LogP contribution is 2.61. The molecule has 0 radical (unpaired) electrons. The van der Waals surface area contributed by atoms with Gasteiger partial charge in [-0.05, 0) is 88.2 Å². The van der Waals surface area contributed by atoms with E-state index in [0.717, 1.165) is 47.7 Å². The number of aryl methyl sites for hydroxylation is 2. The average molecular weight is 414 g/mol. The maximum Gasteiger partial charge on any atom is 0.253 e. The van der Waals surface area contributed by atoms with Crippen molar-refractivity contribution in [3.63, 3.8) is 0 Å². The molecule has 2 aromatic rings. The van der Waals surface area contributed by atoms with Crippen molar-refractivity contribution in [1.29, 1.82) is 0 Å². The third kappa shape index (κ3) is 3.56. The second-order valence-electron chi connectivity index (χ2n) is 9.77. The van der Waals surface area contributed by atoms with Crippen LogP contribution in [0.25, 0.3) is 5.78 Å². The van der Waals surface area contributed by atoms with E-state index in [0.29, 0.717) is 22.8 Å². The van der Waals surface area contributed by atoms with E-state index in [4.69, 9.17) is 0 Å². The number of hydrogen-bond acceptors (Lipinski definition) is 5. The molecule has 6 nitrogen and oxygen atoms in total. The Bertz CT molecular complexity index is 917. The fraction of sp³-hybridized carbons (Fsp3) is 0.727. The van der Waals surface area contributed by atoms with E-state index in [1.807, 2.05) is 20.1 Å². The van der Waals surface area contributed by atoms with Crippen molar-refractivity contribution in [1.82, 2.24) is 24.9 Å². The predicted octanol–water partition coefficient (Wildman–Crippen LogP) is 3.73. The van der Waals surface area contributed by atoms with E-state index in [-0.39, 0.29) is 5.91 Å². The molecule has 7 heteroatoms. The summed E-state index contributed by atoms with van der Waals surface area (Å²) < 4.78 is 1.76. The van der Waals surface area contributed by atoms with E-state index >= 15 is 0 Å². The normalized spacial score (nSPS) is 30.2. The lowest BCUT2D eigenvalue weighted by atomic mass is 9.49. The maximum absolute atomic E-state index is 12.7. The molecule has 4 saturated carbocycles. The highest BCUT2D eigenvalue weighted by atomic mass is 32.2. The fourth-order valence-electron chi connectivity index (χ4n) is 6.82. The van der Waals surface area contributed by atoms with Gasteiger partial charge < -0.3 is 5.32 Å². The molecular weight excluding hydrogens is 382 g/mol. The van der Waals surface area contributed by atoms with Crippen molar-refractivity contribution >= 4 is 23.4 Å². The Kier molecular flexibility index (Phi) is 4.84. The predicted molar refractivity (Wildman–Crippen MR) is 114 cm³/mol. The smallest absolute Gasteiger partial charge is 0.253 e. The van der Waals surface area contributed by atoms with Crippen molar-refractivity contribution in [3.05, 3.63) is 17.0 Å². The van der Waals surface area contributed by atoms with Crippen LogP contribution in [0.3, 0.4) is 0 Å². The Labute approximate surface area is 176 Å². The van der Waals surface area contributed by atoms with Crippen LogP contribution in [0.15, 0.2) is 5.16 Å². The number of fused-ring (bicyclic) bond motifs is 1. The minimum absolute atomic E-state index is 0.0901. The SMILES string of the molecule is CSc1nc2nc(C)c(CC(=O)NCCC34CC5CC(CC(C5)C3)C4)c(C)n2n1. The van der Waals surface area contributed by atoms with Gasteiger partial charge in [0, 0.05) is 23.5 Å². The monoisotopic (exact) mass is 413 g/mol.